The third-order valence-corrected chi connectivity index (χ3v) is 3.91. The van der Waals surface area contributed by atoms with Gasteiger partial charge < -0.3 is 15.2 Å². The van der Waals surface area contributed by atoms with Crippen LogP contribution in [-0.4, -0.2) is 33.8 Å². The van der Waals surface area contributed by atoms with E-state index in [9.17, 15) is 0 Å². The number of aliphatic imine (C=N–C) groups is 1. The van der Waals surface area contributed by atoms with Gasteiger partial charge in [-0.3, -0.25) is 0 Å². The highest BCUT2D eigenvalue weighted by atomic mass is 127. The lowest BCUT2D eigenvalue weighted by Crippen LogP contribution is -2.39. The molecule has 0 saturated carbocycles. The molecule has 25 heavy (non-hydrogen) atoms. The summed E-state index contributed by atoms with van der Waals surface area (Å²) in [5, 5.41) is 14.7. The van der Waals surface area contributed by atoms with Crippen LogP contribution < -0.4 is 10.6 Å². The van der Waals surface area contributed by atoms with E-state index in [1.54, 1.807) is 6.33 Å². The van der Waals surface area contributed by atoms with Gasteiger partial charge in [0.25, 0.3) is 0 Å². The number of hydrogen-bond acceptors (Lipinski definition) is 3. The van der Waals surface area contributed by atoms with Gasteiger partial charge in [0, 0.05) is 26.1 Å². The summed E-state index contributed by atoms with van der Waals surface area (Å²) in [6.45, 7) is 9.48. The molecule has 0 unspecified atom stereocenters. The molecule has 0 saturated heterocycles. The molecule has 2 N–H and O–H groups in total. The van der Waals surface area contributed by atoms with Crippen molar-refractivity contribution in [2.24, 2.45) is 4.99 Å². The van der Waals surface area contributed by atoms with Crippen LogP contribution >= 0.6 is 24.0 Å². The summed E-state index contributed by atoms with van der Waals surface area (Å²) in [6, 6.07) is 8.47. The third kappa shape index (κ3) is 6.64. The molecule has 0 aliphatic heterocycles. The molecule has 0 radical (unpaired) electrons. The number of rotatable bonds is 8. The number of aromatic nitrogens is 3. The average molecular weight is 456 g/mol. The van der Waals surface area contributed by atoms with E-state index in [4.69, 9.17) is 4.99 Å². The van der Waals surface area contributed by atoms with Crippen molar-refractivity contribution in [1.82, 2.24) is 25.4 Å². The summed E-state index contributed by atoms with van der Waals surface area (Å²) in [5.41, 5.74) is 2.64. The van der Waals surface area contributed by atoms with Gasteiger partial charge in [0.2, 0.25) is 0 Å². The van der Waals surface area contributed by atoms with Crippen LogP contribution in [0.3, 0.4) is 0 Å². The highest BCUT2D eigenvalue weighted by Crippen LogP contribution is 2.10. The molecule has 6 nitrogen and oxygen atoms in total. The molecule has 138 valence electrons. The van der Waals surface area contributed by atoms with Crippen molar-refractivity contribution in [3.63, 3.8) is 0 Å². The first kappa shape index (κ1) is 21.4. The maximum Gasteiger partial charge on any atom is 0.191 e. The minimum atomic E-state index is 0. The van der Waals surface area contributed by atoms with Gasteiger partial charge in [0.1, 0.15) is 12.2 Å². The van der Waals surface area contributed by atoms with E-state index in [0.717, 1.165) is 44.3 Å². The molecule has 0 spiro atoms. The zero-order valence-electron chi connectivity index (χ0n) is 15.3. The first-order chi connectivity index (χ1) is 11.8. The first-order valence-electron chi connectivity index (χ1n) is 8.74. The van der Waals surface area contributed by atoms with Crippen LogP contribution in [0.5, 0.6) is 0 Å². The van der Waals surface area contributed by atoms with E-state index in [2.05, 4.69) is 70.4 Å². The summed E-state index contributed by atoms with van der Waals surface area (Å²) in [6.07, 6.45) is 3.70. The average Bonchev–Trinajstić information content (AvgIpc) is 3.07. The van der Waals surface area contributed by atoms with Gasteiger partial charge in [0.05, 0.1) is 6.54 Å². The lowest BCUT2D eigenvalue weighted by atomic mass is 10.1. The molecule has 0 amide bonds. The fraction of sp³-hybridized carbons (Fsp3) is 0.500. The largest absolute Gasteiger partial charge is 0.357 e. The van der Waals surface area contributed by atoms with Crippen LogP contribution in [0.15, 0.2) is 35.6 Å². The number of guanidine groups is 1. The molecule has 0 atom stereocenters. The second-order valence-corrected chi connectivity index (χ2v) is 5.54. The standard InChI is InChI=1S/C18H28N6.HI/c1-4-15-9-7-8-10-16(15)13-21-18(19-6-3)20-11-12-24-14-22-23-17(24)5-2;/h7-10,14H,4-6,11-13H2,1-3H3,(H2,19,20,21);1H. The molecule has 0 aliphatic rings. The molecular weight excluding hydrogens is 427 g/mol. The Morgan fingerprint density at radius 2 is 1.84 bits per heavy atom. The summed E-state index contributed by atoms with van der Waals surface area (Å²) >= 11 is 0. The third-order valence-electron chi connectivity index (χ3n) is 3.91. The Balaban J connectivity index is 0.00000312. The summed E-state index contributed by atoms with van der Waals surface area (Å²) in [4.78, 5) is 4.71. The van der Waals surface area contributed by atoms with E-state index in [-0.39, 0.29) is 24.0 Å². The van der Waals surface area contributed by atoms with Crippen molar-refractivity contribution >= 4 is 29.9 Å². The fourth-order valence-corrected chi connectivity index (χ4v) is 2.60. The summed E-state index contributed by atoms with van der Waals surface area (Å²) in [5.74, 6) is 1.85. The van der Waals surface area contributed by atoms with Gasteiger partial charge in [-0.1, -0.05) is 38.1 Å². The molecule has 0 fully saturated rings. The molecule has 1 heterocycles. The van der Waals surface area contributed by atoms with Crippen molar-refractivity contribution in [3.8, 4) is 0 Å². The number of benzene rings is 1. The lowest BCUT2D eigenvalue weighted by Gasteiger charge is -2.13. The maximum absolute atomic E-state index is 4.71. The molecule has 0 aliphatic carbocycles. The normalized spacial score (nSPS) is 11.1. The highest BCUT2D eigenvalue weighted by molar-refractivity contribution is 14.0. The molecule has 2 rings (SSSR count). The Hall–Kier alpha value is -1.64. The van der Waals surface area contributed by atoms with Crippen LogP contribution in [-0.2, 0) is 25.9 Å². The van der Waals surface area contributed by atoms with Crippen molar-refractivity contribution in [3.05, 3.63) is 47.5 Å². The highest BCUT2D eigenvalue weighted by Gasteiger charge is 2.03. The number of nitrogens with zero attached hydrogens (tertiary/aromatic N) is 4. The zero-order chi connectivity index (χ0) is 17.2. The SMILES string of the molecule is CCNC(=NCc1ccccc1CC)NCCn1cnnc1CC.I. The Morgan fingerprint density at radius 1 is 1.08 bits per heavy atom. The van der Waals surface area contributed by atoms with Crippen molar-refractivity contribution in [2.45, 2.75) is 46.7 Å². The van der Waals surface area contributed by atoms with E-state index < -0.39 is 0 Å². The maximum atomic E-state index is 4.71. The van der Waals surface area contributed by atoms with Crippen molar-refractivity contribution in [2.75, 3.05) is 13.1 Å². The van der Waals surface area contributed by atoms with Crippen molar-refractivity contribution in [1.29, 1.82) is 0 Å². The predicted molar refractivity (Wildman–Crippen MR) is 113 cm³/mol. The quantitative estimate of drug-likeness (QED) is 0.364. The van der Waals surface area contributed by atoms with Gasteiger partial charge in [-0.15, -0.1) is 34.2 Å². The van der Waals surface area contributed by atoms with Crippen molar-refractivity contribution < 1.29 is 0 Å². The summed E-state index contributed by atoms with van der Waals surface area (Å²) in [7, 11) is 0. The number of halogens is 1. The van der Waals surface area contributed by atoms with Crippen LogP contribution in [0.4, 0.5) is 0 Å². The Bertz CT molecular complexity index is 653. The number of aryl methyl sites for hydroxylation is 2. The van der Waals surface area contributed by atoms with Crippen LogP contribution in [0, 0.1) is 0 Å². The monoisotopic (exact) mass is 456 g/mol. The smallest absolute Gasteiger partial charge is 0.191 e. The topological polar surface area (TPSA) is 67.1 Å². The minimum absolute atomic E-state index is 0. The Kier molecular flexibility index (Phi) is 10.1. The van der Waals surface area contributed by atoms with Crippen LogP contribution in [0.25, 0.3) is 0 Å². The van der Waals surface area contributed by atoms with Gasteiger partial charge in [-0.2, -0.15) is 0 Å². The van der Waals surface area contributed by atoms with Crippen LogP contribution in [0.1, 0.15) is 37.7 Å². The first-order valence-corrected chi connectivity index (χ1v) is 8.74. The second-order valence-electron chi connectivity index (χ2n) is 5.54. The molecular formula is C18H29IN6. The molecule has 0 bridgehead atoms. The minimum Gasteiger partial charge on any atom is -0.357 e. The molecule has 1 aromatic heterocycles. The van der Waals surface area contributed by atoms with Gasteiger partial charge in [-0.25, -0.2) is 4.99 Å². The molecule has 1 aromatic carbocycles. The lowest BCUT2D eigenvalue weighted by molar-refractivity contribution is 0.632. The van der Waals surface area contributed by atoms with E-state index in [1.165, 1.54) is 11.1 Å². The van der Waals surface area contributed by atoms with Crippen LogP contribution in [0.2, 0.25) is 0 Å². The number of hydrogen-bond donors (Lipinski definition) is 2. The Morgan fingerprint density at radius 3 is 2.52 bits per heavy atom. The Labute approximate surface area is 167 Å². The number of nitrogens with one attached hydrogen (secondary N) is 2. The molecule has 7 heteroatoms. The fourth-order valence-electron chi connectivity index (χ4n) is 2.60. The summed E-state index contributed by atoms with van der Waals surface area (Å²) < 4.78 is 2.07. The van der Waals surface area contributed by atoms with Gasteiger partial charge in [0.15, 0.2) is 5.96 Å². The van der Waals surface area contributed by atoms with Gasteiger partial charge >= 0.3 is 0 Å². The van der Waals surface area contributed by atoms with E-state index in [1.807, 2.05) is 0 Å². The zero-order valence-corrected chi connectivity index (χ0v) is 17.7. The van der Waals surface area contributed by atoms with E-state index >= 15 is 0 Å². The second kappa shape index (κ2) is 11.8. The predicted octanol–water partition coefficient (Wildman–Crippen LogP) is 2.78. The van der Waals surface area contributed by atoms with E-state index in [0.29, 0.717) is 6.54 Å². The molecule has 2 aromatic rings. The van der Waals surface area contributed by atoms with Gasteiger partial charge in [-0.05, 0) is 24.5 Å².